The molecule has 0 saturated heterocycles. The molecular weight excluding hydrogens is 240 g/mol. The van der Waals surface area contributed by atoms with E-state index < -0.39 is 20.8 Å². The van der Waals surface area contributed by atoms with Crippen molar-refractivity contribution in [2.45, 2.75) is 19.5 Å². The fourth-order valence-electron chi connectivity index (χ4n) is 1.19. The number of benzene rings is 1. The van der Waals surface area contributed by atoms with Crippen LogP contribution in [-0.2, 0) is 15.5 Å². The number of aryl methyl sites for hydroxylation is 1. The second kappa shape index (κ2) is 5.41. The molecular formula is C10H11F3O2P+. The first-order valence-electron chi connectivity index (χ1n) is 4.69. The summed E-state index contributed by atoms with van der Waals surface area (Å²) in [4.78, 5) is 0. The summed E-state index contributed by atoms with van der Waals surface area (Å²) in [6.45, 7) is 0.353. The van der Waals surface area contributed by atoms with Crippen LogP contribution in [0.2, 0.25) is 0 Å². The molecule has 0 spiro atoms. The van der Waals surface area contributed by atoms with Gasteiger partial charge in [-0.25, -0.2) is 0 Å². The van der Waals surface area contributed by atoms with Crippen LogP contribution < -0.4 is 5.30 Å². The molecule has 0 aliphatic carbocycles. The zero-order valence-corrected chi connectivity index (χ0v) is 9.52. The molecule has 0 aromatic heterocycles. The van der Waals surface area contributed by atoms with Gasteiger partial charge in [0, 0.05) is 5.56 Å². The van der Waals surface area contributed by atoms with E-state index in [1.165, 1.54) is 6.07 Å². The predicted molar refractivity (Wildman–Crippen MR) is 55.1 cm³/mol. The Hall–Kier alpha value is -0.930. The van der Waals surface area contributed by atoms with Gasteiger partial charge in [-0.1, -0.05) is 25.1 Å². The van der Waals surface area contributed by atoms with E-state index in [4.69, 9.17) is 0 Å². The smallest absolute Gasteiger partial charge is 0.168 e. The van der Waals surface area contributed by atoms with Crippen molar-refractivity contribution in [3.8, 4) is 0 Å². The van der Waals surface area contributed by atoms with Crippen molar-refractivity contribution in [3.05, 3.63) is 29.8 Å². The molecule has 1 unspecified atom stereocenters. The topological polar surface area (TPSA) is 26.3 Å². The lowest BCUT2D eigenvalue weighted by Gasteiger charge is -2.00. The third kappa shape index (κ3) is 3.91. The lowest BCUT2D eigenvalue weighted by molar-refractivity contribution is -0.152. The standard InChI is InChI=1S/C10H11F3O2P/c1-2-8-5-3-4-6-9(8)16(14)15-7-10(11,12)13/h3-6H,2,7H2,1H3/q+1. The van der Waals surface area contributed by atoms with Crippen molar-refractivity contribution in [2.24, 2.45) is 0 Å². The van der Waals surface area contributed by atoms with Gasteiger partial charge in [0.1, 0.15) is 0 Å². The van der Waals surface area contributed by atoms with Crippen molar-refractivity contribution in [1.29, 1.82) is 0 Å². The van der Waals surface area contributed by atoms with E-state index in [9.17, 15) is 17.7 Å². The highest BCUT2D eigenvalue weighted by Gasteiger charge is 2.35. The van der Waals surface area contributed by atoms with Gasteiger partial charge in [0.15, 0.2) is 6.61 Å². The fraction of sp³-hybridized carbons (Fsp3) is 0.400. The Balaban J connectivity index is 2.73. The highest BCUT2D eigenvalue weighted by molar-refractivity contribution is 7.48. The predicted octanol–water partition coefficient (Wildman–Crippen LogP) is 3.20. The summed E-state index contributed by atoms with van der Waals surface area (Å²) in [7, 11) is -2.44. The molecule has 16 heavy (non-hydrogen) atoms. The molecule has 0 fully saturated rings. The lowest BCUT2D eigenvalue weighted by atomic mass is 10.2. The van der Waals surface area contributed by atoms with Crippen LogP contribution in [0.15, 0.2) is 24.3 Å². The maximum atomic E-state index is 11.9. The first-order valence-corrected chi connectivity index (χ1v) is 5.86. The van der Waals surface area contributed by atoms with Crippen LogP contribution in [0.1, 0.15) is 12.5 Å². The lowest BCUT2D eigenvalue weighted by Crippen LogP contribution is -2.16. The third-order valence-corrected chi connectivity index (χ3v) is 3.11. The van der Waals surface area contributed by atoms with Crippen molar-refractivity contribution in [1.82, 2.24) is 0 Å². The Labute approximate surface area is 92.3 Å². The van der Waals surface area contributed by atoms with Gasteiger partial charge in [-0.2, -0.15) is 13.2 Å². The average molecular weight is 251 g/mol. The quantitative estimate of drug-likeness (QED) is 0.768. The van der Waals surface area contributed by atoms with Gasteiger partial charge in [-0.3, -0.25) is 0 Å². The van der Waals surface area contributed by atoms with Crippen LogP contribution in [-0.4, -0.2) is 12.8 Å². The largest absolute Gasteiger partial charge is 0.549 e. The summed E-state index contributed by atoms with van der Waals surface area (Å²) in [5, 5.41) is 0.337. The Kier molecular flexibility index (Phi) is 4.44. The van der Waals surface area contributed by atoms with Crippen LogP contribution in [0.5, 0.6) is 0 Å². The normalized spacial score (nSPS) is 12.6. The zero-order chi connectivity index (χ0) is 12.2. The molecule has 0 N–H and O–H groups in total. The molecule has 0 radical (unpaired) electrons. The minimum Gasteiger partial charge on any atom is -0.168 e. The van der Waals surface area contributed by atoms with Crippen LogP contribution >= 0.6 is 8.03 Å². The van der Waals surface area contributed by atoms with E-state index in [1.54, 1.807) is 18.2 Å². The summed E-state index contributed by atoms with van der Waals surface area (Å²) in [5.74, 6) is 0. The second-order valence-corrected chi connectivity index (χ2v) is 4.38. The molecule has 0 amide bonds. The molecule has 0 saturated carbocycles. The molecule has 0 aliphatic rings. The van der Waals surface area contributed by atoms with E-state index >= 15 is 0 Å². The molecule has 1 atom stereocenters. The van der Waals surface area contributed by atoms with E-state index in [0.717, 1.165) is 5.56 Å². The van der Waals surface area contributed by atoms with Crippen molar-refractivity contribution in [2.75, 3.05) is 6.61 Å². The number of hydrogen-bond donors (Lipinski definition) is 0. The Morgan fingerprint density at radius 1 is 1.31 bits per heavy atom. The van der Waals surface area contributed by atoms with Gasteiger partial charge >= 0.3 is 14.2 Å². The summed E-state index contributed by atoms with van der Waals surface area (Å²) < 4.78 is 51.4. The highest BCUT2D eigenvalue weighted by Crippen LogP contribution is 2.27. The summed E-state index contributed by atoms with van der Waals surface area (Å²) in [6, 6.07) is 6.61. The number of rotatable bonds is 4. The molecule has 2 nitrogen and oxygen atoms in total. The molecule has 0 heterocycles. The number of halogens is 3. The molecule has 88 valence electrons. The molecule has 0 bridgehead atoms. The number of hydrogen-bond acceptors (Lipinski definition) is 2. The van der Waals surface area contributed by atoms with Crippen LogP contribution in [0.25, 0.3) is 0 Å². The SMILES string of the molecule is CCc1ccccc1[P+](=O)OCC(F)(F)F. The van der Waals surface area contributed by atoms with E-state index in [1.807, 2.05) is 6.92 Å². The Morgan fingerprint density at radius 3 is 2.50 bits per heavy atom. The van der Waals surface area contributed by atoms with Gasteiger partial charge in [0.05, 0.1) is 0 Å². The highest BCUT2D eigenvalue weighted by atomic mass is 31.1. The van der Waals surface area contributed by atoms with Crippen molar-refractivity contribution >= 4 is 13.3 Å². The molecule has 1 rings (SSSR count). The minimum absolute atomic E-state index is 0.337. The van der Waals surface area contributed by atoms with E-state index in [-0.39, 0.29) is 0 Å². The van der Waals surface area contributed by atoms with E-state index in [2.05, 4.69) is 4.52 Å². The monoisotopic (exact) mass is 251 g/mol. The Bertz CT molecular complexity index is 377. The van der Waals surface area contributed by atoms with E-state index in [0.29, 0.717) is 11.7 Å². The second-order valence-electron chi connectivity index (χ2n) is 3.13. The Morgan fingerprint density at radius 2 is 1.94 bits per heavy atom. The fourth-order valence-corrected chi connectivity index (χ4v) is 2.27. The molecule has 1 aromatic carbocycles. The average Bonchev–Trinajstić information content (AvgIpc) is 2.25. The third-order valence-electron chi connectivity index (χ3n) is 1.91. The van der Waals surface area contributed by atoms with Gasteiger partial charge in [-0.05, 0) is 17.1 Å². The van der Waals surface area contributed by atoms with Gasteiger partial charge < -0.3 is 0 Å². The minimum atomic E-state index is -4.45. The summed E-state index contributed by atoms with van der Waals surface area (Å²) in [6.07, 6.45) is -3.85. The molecule has 1 aromatic rings. The first kappa shape index (κ1) is 13.1. The van der Waals surface area contributed by atoms with Crippen molar-refractivity contribution in [3.63, 3.8) is 0 Å². The zero-order valence-electron chi connectivity index (χ0n) is 8.62. The molecule has 6 heteroatoms. The number of alkyl halides is 3. The van der Waals surface area contributed by atoms with Crippen LogP contribution in [0, 0.1) is 0 Å². The maximum absolute atomic E-state index is 11.9. The molecule has 0 aliphatic heterocycles. The summed E-state index contributed by atoms with van der Waals surface area (Å²) >= 11 is 0. The first-order chi connectivity index (χ1) is 7.44. The summed E-state index contributed by atoms with van der Waals surface area (Å²) in [5.41, 5.74) is 0.741. The van der Waals surface area contributed by atoms with Crippen LogP contribution in [0.4, 0.5) is 13.2 Å². The van der Waals surface area contributed by atoms with Crippen molar-refractivity contribution < 1.29 is 22.3 Å². The maximum Gasteiger partial charge on any atom is 0.549 e. The van der Waals surface area contributed by atoms with Gasteiger partial charge in [0.2, 0.25) is 5.30 Å². The van der Waals surface area contributed by atoms with Gasteiger partial charge in [-0.15, -0.1) is 4.52 Å². The van der Waals surface area contributed by atoms with Crippen LogP contribution in [0.3, 0.4) is 0 Å². The van der Waals surface area contributed by atoms with Gasteiger partial charge in [0.25, 0.3) is 0 Å².